The lowest BCUT2D eigenvalue weighted by molar-refractivity contribution is -0.115. The molecule has 98 valence electrons. The van der Waals surface area contributed by atoms with Crippen LogP contribution in [0.1, 0.15) is 16.8 Å². The summed E-state index contributed by atoms with van der Waals surface area (Å²) >= 11 is 3.40. The van der Waals surface area contributed by atoms with Crippen molar-refractivity contribution in [2.24, 2.45) is 0 Å². The van der Waals surface area contributed by atoms with Crippen LogP contribution in [-0.2, 0) is 11.2 Å². The van der Waals surface area contributed by atoms with Gasteiger partial charge in [0.1, 0.15) is 0 Å². The highest BCUT2D eigenvalue weighted by molar-refractivity contribution is 9.10. The monoisotopic (exact) mass is 318 g/mol. The Morgan fingerprint density at radius 1 is 1.26 bits per heavy atom. The fourth-order valence-electron chi connectivity index (χ4n) is 1.78. The lowest BCUT2D eigenvalue weighted by atomic mass is 10.1. The van der Waals surface area contributed by atoms with Crippen LogP contribution in [0.5, 0.6) is 0 Å². The molecule has 4 heteroatoms. The summed E-state index contributed by atoms with van der Waals surface area (Å²) in [4.78, 5) is 16.3. The first-order chi connectivity index (χ1) is 9.06. The largest absolute Gasteiger partial charge is 0.325 e. The lowest BCUT2D eigenvalue weighted by Crippen LogP contribution is -2.16. The molecule has 2 aromatic rings. The van der Waals surface area contributed by atoms with Gasteiger partial charge in [-0.1, -0.05) is 28.1 Å². The SMILES string of the molecule is Cc1ccc(Br)cc1NC(=O)Cc1ncccc1C. The molecule has 0 saturated heterocycles. The summed E-state index contributed by atoms with van der Waals surface area (Å²) in [5.41, 5.74) is 3.71. The third-order valence-electron chi connectivity index (χ3n) is 2.92. The van der Waals surface area contributed by atoms with Crippen LogP contribution in [-0.4, -0.2) is 10.9 Å². The van der Waals surface area contributed by atoms with Gasteiger partial charge in [-0.3, -0.25) is 9.78 Å². The number of benzene rings is 1. The maximum atomic E-state index is 12.0. The van der Waals surface area contributed by atoms with E-state index in [1.54, 1.807) is 6.20 Å². The van der Waals surface area contributed by atoms with Crippen molar-refractivity contribution in [1.29, 1.82) is 0 Å². The Morgan fingerprint density at radius 2 is 2.05 bits per heavy atom. The zero-order valence-corrected chi connectivity index (χ0v) is 12.5. The number of amides is 1. The molecule has 1 N–H and O–H groups in total. The van der Waals surface area contributed by atoms with E-state index in [0.29, 0.717) is 6.42 Å². The van der Waals surface area contributed by atoms with Crippen molar-refractivity contribution in [3.63, 3.8) is 0 Å². The average molecular weight is 319 g/mol. The molecule has 0 unspecified atom stereocenters. The molecule has 19 heavy (non-hydrogen) atoms. The molecular weight excluding hydrogens is 304 g/mol. The fourth-order valence-corrected chi connectivity index (χ4v) is 2.14. The summed E-state index contributed by atoms with van der Waals surface area (Å²) < 4.78 is 0.947. The van der Waals surface area contributed by atoms with Gasteiger partial charge in [-0.2, -0.15) is 0 Å². The van der Waals surface area contributed by atoms with E-state index in [9.17, 15) is 4.79 Å². The second-order valence-electron chi connectivity index (χ2n) is 4.45. The predicted octanol–water partition coefficient (Wildman–Crippen LogP) is 3.64. The van der Waals surface area contributed by atoms with Crippen LogP contribution in [0.4, 0.5) is 5.69 Å². The average Bonchev–Trinajstić information content (AvgIpc) is 2.37. The minimum atomic E-state index is -0.0528. The zero-order chi connectivity index (χ0) is 13.8. The number of carbonyl (C=O) groups is 1. The normalized spacial score (nSPS) is 10.3. The molecular formula is C15H15BrN2O. The van der Waals surface area contributed by atoms with E-state index in [1.165, 1.54) is 0 Å². The van der Waals surface area contributed by atoms with Gasteiger partial charge in [-0.25, -0.2) is 0 Å². The molecule has 0 bridgehead atoms. The minimum absolute atomic E-state index is 0.0528. The first kappa shape index (κ1) is 13.7. The fraction of sp³-hybridized carbons (Fsp3) is 0.200. The highest BCUT2D eigenvalue weighted by Crippen LogP contribution is 2.20. The van der Waals surface area contributed by atoms with E-state index in [4.69, 9.17) is 0 Å². The van der Waals surface area contributed by atoms with Gasteiger partial charge in [0.25, 0.3) is 0 Å². The molecule has 0 aliphatic heterocycles. The predicted molar refractivity (Wildman–Crippen MR) is 80.2 cm³/mol. The standard InChI is InChI=1S/C15H15BrN2O/c1-10-4-3-7-17-13(10)9-15(19)18-14-8-12(16)6-5-11(14)2/h3-8H,9H2,1-2H3,(H,18,19). The number of pyridine rings is 1. The third kappa shape index (κ3) is 3.64. The van der Waals surface area contributed by atoms with Gasteiger partial charge in [0.05, 0.1) is 12.1 Å². The minimum Gasteiger partial charge on any atom is -0.325 e. The van der Waals surface area contributed by atoms with Gasteiger partial charge in [-0.05, 0) is 43.2 Å². The van der Waals surface area contributed by atoms with Crippen molar-refractivity contribution < 1.29 is 4.79 Å². The molecule has 0 fully saturated rings. The Labute approximate surface area is 121 Å². The molecule has 0 aliphatic rings. The molecule has 0 atom stereocenters. The highest BCUT2D eigenvalue weighted by atomic mass is 79.9. The summed E-state index contributed by atoms with van der Waals surface area (Å²) in [5.74, 6) is -0.0528. The summed E-state index contributed by atoms with van der Waals surface area (Å²) in [7, 11) is 0. The van der Waals surface area contributed by atoms with Crippen molar-refractivity contribution in [3.8, 4) is 0 Å². The van der Waals surface area contributed by atoms with E-state index in [0.717, 1.165) is 27.0 Å². The van der Waals surface area contributed by atoms with Crippen LogP contribution < -0.4 is 5.32 Å². The maximum Gasteiger partial charge on any atom is 0.230 e. The van der Waals surface area contributed by atoms with Crippen molar-refractivity contribution >= 4 is 27.5 Å². The van der Waals surface area contributed by atoms with Gasteiger partial charge < -0.3 is 5.32 Å². The number of rotatable bonds is 3. The number of carbonyl (C=O) groups excluding carboxylic acids is 1. The summed E-state index contributed by atoms with van der Waals surface area (Å²) in [6.07, 6.45) is 2.00. The Balaban J connectivity index is 2.10. The summed E-state index contributed by atoms with van der Waals surface area (Å²) in [6.45, 7) is 3.92. The van der Waals surface area contributed by atoms with E-state index in [2.05, 4.69) is 26.2 Å². The van der Waals surface area contributed by atoms with Crippen molar-refractivity contribution in [2.75, 3.05) is 5.32 Å². The third-order valence-corrected chi connectivity index (χ3v) is 3.41. The molecule has 2 rings (SSSR count). The van der Waals surface area contributed by atoms with Crippen LogP contribution in [0.2, 0.25) is 0 Å². The molecule has 1 amide bonds. The summed E-state index contributed by atoms with van der Waals surface area (Å²) in [6, 6.07) is 9.65. The molecule has 0 saturated carbocycles. The number of hydrogen-bond donors (Lipinski definition) is 1. The van der Waals surface area contributed by atoms with Crippen LogP contribution in [0, 0.1) is 13.8 Å². The van der Waals surface area contributed by atoms with Crippen LogP contribution in [0.25, 0.3) is 0 Å². The first-order valence-corrected chi connectivity index (χ1v) is 6.82. The Hall–Kier alpha value is -1.68. The van der Waals surface area contributed by atoms with Crippen LogP contribution in [0.15, 0.2) is 41.0 Å². The van der Waals surface area contributed by atoms with Crippen molar-refractivity contribution in [1.82, 2.24) is 4.98 Å². The van der Waals surface area contributed by atoms with Gasteiger partial charge in [0.15, 0.2) is 0 Å². The number of aromatic nitrogens is 1. The number of halogens is 1. The van der Waals surface area contributed by atoms with Crippen molar-refractivity contribution in [2.45, 2.75) is 20.3 Å². The number of aryl methyl sites for hydroxylation is 2. The first-order valence-electron chi connectivity index (χ1n) is 6.03. The van der Waals surface area contributed by atoms with Gasteiger partial charge in [-0.15, -0.1) is 0 Å². The smallest absolute Gasteiger partial charge is 0.230 e. The van der Waals surface area contributed by atoms with Gasteiger partial charge in [0.2, 0.25) is 5.91 Å². The molecule has 1 heterocycles. The number of nitrogens with zero attached hydrogens (tertiary/aromatic N) is 1. The van der Waals surface area contributed by atoms with E-state index in [-0.39, 0.29) is 5.91 Å². The highest BCUT2D eigenvalue weighted by Gasteiger charge is 2.08. The summed E-state index contributed by atoms with van der Waals surface area (Å²) in [5, 5.41) is 2.92. The number of anilines is 1. The second kappa shape index (κ2) is 5.97. The van der Waals surface area contributed by atoms with E-state index >= 15 is 0 Å². The molecule has 0 aliphatic carbocycles. The second-order valence-corrected chi connectivity index (χ2v) is 5.37. The maximum absolute atomic E-state index is 12.0. The Kier molecular flexibility index (Phi) is 4.32. The molecule has 0 radical (unpaired) electrons. The Morgan fingerprint density at radius 3 is 2.79 bits per heavy atom. The van der Waals surface area contributed by atoms with E-state index in [1.807, 2.05) is 44.2 Å². The number of hydrogen-bond acceptors (Lipinski definition) is 2. The molecule has 1 aromatic heterocycles. The molecule has 1 aromatic carbocycles. The van der Waals surface area contributed by atoms with Gasteiger partial charge >= 0.3 is 0 Å². The molecule has 3 nitrogen and oxygen atoms in total. The van der Waals surface area contributed by atoms with Crippen molar-refractivity contribution in [3.05, 3.63) is 57.8 Å². The topological polar surface area (TPSA) is 42.0 Å². The van der Waals surface area contributed by atoms with Crippen LogP contribution >= 0.6 is 15.9 Å². The zero-order valence-electron chi connectivity index (χ0n) is 10.9. The quantitative estimate of drug-likeness (QED) is 0.938. The molecule has 0 spiro atoms. The van der Waals surface area contributed by atoms with E-state index < -0.39 is 0 Å². The van der Waals surface area contributed by atoms with Crippen LogP contribution in [0.3, 0.4) is 0 Å². The Bertz CT molecular complexity index is 611. The van der Waals surface area contributed by atoms with Gasteiger partial charge in [0, 0.05) is 16.4 Å². The number of nitrogens with one attached hydrogen (secondary N) is 1. The lowest BCUT2D eigenvalue weighted by Gasteiger charge is -2.09.